The van der Waals surface area contributed by atoms with Crippen molar-refractivity contribution in [3.8, 4) is 0 Å². The highest BCUT2D eigenvalue weighted by Crippen LogP contribution is 2.10. The molecule has 2 aromatic heterocycles. The first kappa shape index (κ1) is 6.15. The van der Waals surface area contributed by atoms with Crippen LogP contribution in [0.1, 0.15) is 0 Å². The van der Waals surface area contributed by atoms with Crippen molar-refractivity contribution in [3.05, 3.63) is 24.7 Å². The molecule has 0 spiro atoms. The van der Waals surface area contributed by atoms with Crippen LogP contribution >= 0.6 is 0 Å². The number of aromatic nitrogens is 2. The standard InChI is InChI=1S/C7H10N4/c1-9-11-3-2-10-5-6(8)4-7(10)11/h2-5,9H,8H2,1H3. The Kier molecular flexibility index (Phi) is 1.09. The number of anilines is 1. The zero-order valence-electron chi connectivity index (χ0n) is 6.28. The molecule has 0 atom stereocenters. The molecule has 4 nitrogen and oxygen atoms in total. The Morgan fingerprint density at radius 2 is 2.27 bits per heavy atom. The summed E-state index contributed by atoms with van der Waals surface area (Å²) >= 11 is 0. The Morgan fingerprint density at radius 3 is 3.00 bits per heavy atom. The number of nitrogens with zero attached hydrogens (tertiary/aromatic N) is 2. The number of fused-ring (bicyclic) bond motifs is 1. The largest absolute Gasteiger partial charge is 0.397 e. The molecule has 0 fully saturated rings. The van der Waals surface area contributed by atoms with Crippen molar-refractivity contribution >= 4 is 11.3 Å². The van der Waals surface area contributed by atoms with Crippen LogP contribution in [0.15, 0.2) is 24.7 Å². The van der Waals surface area contributed by atoms with E-state index in [0.29, 0.717) is 0 Å². The van der Waals surface area contributed by atoms with Crippen molar-refractivity contribution in [2.45, 2.75) is 0 Å². The van der Waals surface area contributed by atoms with Crippen molar-refractivity contribution < 1.29 is 0 Å². The quantitative estimate of drug-likeness (QED) is 0.621. The van der Waals surface area contributed by atoms with Gasteiger partial charge in [0.25, 0.3) is 0 Å². The Balaban J connectivity index is 2.73. The minimum atomic E-state index is 0.782. The molecule has 0 aliphatic carbocycles. The average molecular weight is 150 g/mol. The molecular formula is C7H10N4. The molecule has 4 heteroatoms. The molecule has 0 aliphatic rings. The van der Waals surface area contributed by atoms with E-state index < -0.39 is 0 Å². The van der Waals surface area contributed by atoms with E-state index in [9.17, 15) is 0 Å². The Morgan fingerprint density at radius 1 is 1.45 bits per heavy atom. The minimum Gasteiger partial charge on any atom is -0.397 e. The van der Waals surface area contributed by atoms with Crippen LogP contribution < -0.4 is 11.2 Å². The number of imidazole rings is 1. The summed E-state index contributed by atoms with van der Waals surface area (Å²) in [4.78, 5) is 0. The zero-order valence-corrected chi connectivity index (χ0v) is 6.28. The molecule has 0 aromatic carbocycles. The van der Waals surface area contributed by atoms with Crippen molar-refractivity contribution in [1.29, 1.82) is 0 Å². The normalized spacial score (nSPS) is 10.6. The first-order chi connectivity index (χ1) is 5.31. The number of nitrogens with one attached hydrogen (secondary N) is 1. The van der Waals surface area contributed by atoms with Crippen LogP contribution in [-0.2, 0) is 0 Å². The number of nitrogens with two attached hydrogens (primary N) is 1. The lowest BCUT2D eigenvalue weighted by atomic mass is 10.5. The van der Waals surface area contributed by atoms with Crippen LogP contribution in [0.25, 0.3) is 5.65 Å². The molecule has 11 heavy (non-hydrogen) atoms. The van der Waals surface area contributed by atoms with Crippen LogP contribution in [0.5, 0.6) is 0 Å². The maximum Gasteiger partial charge on any atom is 0.137 e. The highest BCUT2D eigenvalue weighted by molar-refractivity contribution is 5.55. The maximum atomic E-state index is 5.60. The summed E-state index contributed by atoms with van der Waals surface area (Å²) in [7, 11) is 1.86. The summed E-state index contributed by atoms with van der Waals surface area (Å²) in [6, 6.07) is 1.91. The topological polar surface area (TPSA) is 47.4 Å². The average Bonchev–Trinajstić information content (AvgIpc) is 2.45. The Hall–Kier alpha value is -1.58. The Labute approximate surface area is 64.2 Å². The lowest BCUT2D eigenvalue weighted by Crippen LogP contribution is -2.06. The summed E-state index contributed by atoms with van der Waals surface area (Å²) in [5, 5.41) is 0. The molecule has 3 N–H and O–H groups in total. The number of hydrogen-bond donors (Lipinski definition) is 2. The molecule has 0 unspecified atom stereocenters. The number of hydrogen-bond acceptors (Lipinski definition) is 2. The Bertz CT molecular complexity index is 371. The van der Waals surface area contributed by atoms with Gasteiger partial charge >= 0.3 is 0 Å². The third-order valence-corrected chi connectivity index (χ3v) is 1.71. The molecule has 0 saturated carbocycles. The fourth-order valence-corrected chi connectivity index (χ4v) is 1.20. The lowest BCUT2D eigenvalue weighted by molar-refractivity contribution is 0.966. The molecule has 0 radical (unpaired) electrons. The predicted molar refractivity (Wildman–Crippen MR) is 45.1 cm³/mol. The monoisotopic (exact) mass is 150 g/mol. The van der Waals surface area contributed by atoms with Gasteiger partial charge < -0.3 is 15.6 Å². The third-order valence-electron chi connectivity index (χ3n) is 1.71. The summed E-state index contributed by atoms with van der Waals surface area (Å²) in [5.41, 5.74) is 10.4. The fourth-order valence-electron chi connectivity index (χ4n) is 1.20. The summed E-state index contributed by atoms with van der Waals surface area (Å²) in [5.74, 6) is 0. The summed E-state index contributed by atoms with van der Waals surface area (Å²) < 4.78 is 3.86. The molecule has 0 bridgehead atoms. The second-order valence-corrected chi connectivity index (χ2v) is 2.43. The number of rotatable bonds is 1. The molecule has 2 heterocycles. The van der Waals surface area contributed by atoms with Gasteiger partial charge in [-0.2, -0.15) is 0 Å². The fraction of sp³-hybridized carbons (Fsp3) is 0.143. The second kappa shape index (κ2) is 1.95. The first-order valence-corrected chi connectivity index (χ1v) is 3.43. The van der Waals surface area contributed by atoms with Gasteiger partial charge in [-0.3, -0.25) is 0 Å². The van der Waals surface area contributed by atoms with Crippen LogP contribution in [0.4, 0.5) is 5.69 Å². The van der Waals surface area contributed by atoms with E-state index in [1.54, 1.807) is 0 Å². The predicted octanol–water partition coefficient (Wildman–Crippen LogP) is 0.496. The van der Waals surface area contributed by atoms with Gasteiger partial charge in [-0.25, -0.2) is 4.68 Å². The van der Waals surface area contributed by atoms with E-state index >= 15 is 0 Å². The molecule has 2 aromatic rings. The van der Waals surface area contributed by atoms with Gasteiger partial charge in [0.2, 0.25) is 0 Å². The van der Waals surface area contributed by atoms with Gasteiger partial charge in [-0.15, -0.1) is 0 Å². The first-order valence-electron chi connectivity index (χ1n) is 3.43. The van der Waals surface area contributed by atoms with Gasteiger partial charge in [-0.1, -0.05) is 0 Å². The van der Waals surface area contributed by atoms with E-state index in [1.165, 1.54) is 0 Å². The van der Waals surface area contributed by atoms with Crippen LogP contribution in [0, 0.1) is 0 Å². The maximum absolute atomic E-state index is 5.60. The lowest BCUT2D eigenvalue weighted by Gasteiger charge is -1.98. The van der Waals surface area contributed by atoms with E-state index in [1.807, 2.05) is 40.8 Å². The van der Waals surface area contributed by atoms with Gasteiger partial charge in [0.05, 0.1) is 5.69 Å². The highest BCUT2D eigenvalue weighted by atomic mass is 15.4. The van der Waals surface area contributed by atoms with Gasteiger partial charge in [-0.05, 0) is 0 Å². The van der Waals surface area contributed by atoms with Gasteiger partial charge in [0.1, 0.15) is 5.65 Å². The van der Waals surface area contributed by atoms with E-state index in [4.69, 9.17) is 5.73 Å². The third kappa shape index (κ3) is 0.756. The van der Waals surface area contributed by atoms with Gasteiger partial charge in [0.15, 0.2) is 0 Å². The van der Waals surface area contributed by atoms with E-state index in [0.717, 1.165) is 11.3 Å². The van der Waals surface area contributed by atoms with Crippen molar-refractivity contribution in [1.82, 2.24) is 9.08 Å². The van der Waals surface area contributed by atoms with E-state index in [-0.39, 0.29) is 0 Å². The zero-order chi connectivity index (χ0) is 7.84. The molecule has 58 valence electrons. The smallest absolute Gasteiger partial charge is 0.137 e. The molecule has 0 aliphatic heterocycles. The van der Waals surface area contributed by atoms with Crippen LogP contribution in [0.3, 0.4) is 0 Å². The minimum absolute atomic E-state index is 0.782. The van der Waals surface area contributed by atoms with Crippen molar-refractivity contribution in [3.63, 3.8) is 0 Å². The van der Waals surface area contributed by atoms with E-state index in [2.05, 4.69) is 5.43 Å². The number of nitrogen functional groups attached to an aromatic ring is 1. The van der Waals surface area contributed by atoms with Crippen LogP contribution in [0.2, 0.25) is 0 Å². The molecule has 2 rings (SSSR count). The highest BCUT2D eigenvalue weighted by Gasteiger charge is 1.99. The van der Waals surface area contributed by atoms with Crippen molar-refractivity contribution in [2.75, 3.05) is 18.2 Å². The molecular weight excluding hydrogens is 140 g/mol. The molecule has 0 saturated heterocycles. The molecule has 0 amide bonds. The second-order valence-electron chi connectivity index (χ2n) is 2.43. The summed E-state index contributed by atoms with van der Waals surface area (Å²) in [6.45, 7) is 0. The van der Waals surface area contributed by atoms with Crippen molar-refractivity contribution in [2.24, 2.45) is 0 Å². The summed E-state index contributed by atoms with van der Waals surface area (Å²) in [6.07, 6.45) is 5.76. The van der Waals surface area contributed by atoms with Crippen LogP contribution in [-0.4, -0.2) is 16.1 Å². The van der Waals surface area contributed by atoms with Gasteiger partial charge in [0, 0.05) is 31.7 Å². The SMILES string of the molecule is CNn1ccn2cc(N)cc12.